The highest BCUT2D eigenvalue weighted by molar-refractivity contribution is 5.89. The highest BCUT2D eigenvalue weighted by Gasteiger charge is 2.21. The molecule has 1 aliphatic rings. The smallest absolute Gasteiger partial charge is 0.151 e. The van der Waals surface area contributed by atoms with E-state index in [1.807, 2.05) is 27.8 Å². The molecule has 4 nitrogen and oxygen atoms in total. The Morgan fingerprint density at radius 2 is 1.88 bits per heavy atom. The van der Waals surface area contributed by atoms with Crippen molar-refractivity contribution < 1.29 is 0 Å². The van der Waals surface area contributed by atoms with Gasteiger partial charge in [-0.3, -0.25) is 0 Å². The van der Waals surface area contributed by atoms with Gasteiger partial charge < -0.3 is 10.3 Å². The zero-order valence-electron chi connectivity index (χ0n) is 11.0. The summed E-state index contributed by atoms with van der Waals surface area (Å²) in [5.41, 5.74) is 10.5. The van der Waals surface area contributed by atoms with Gasteiger partial charge in [-0.25, -0.2) is 9.97 Å². The molecule has 4 heteroatoms. The number of rotatable bonds is 0. The fourth-order valence-corrected chi connectivity index (χ4v) is 2.44. The summed E-state index contributed by atoms with van der Waals surface area (Å²) in [4.78, 5) is 8.90. The number of pyridine rings is 1. The number of anilines is 1. The zero-order chi connectivity index (χ0) is 12.6. The van der Waals surface area contributed by atoms with E-state index in [2.05, 4.69) is 14.5 Å². The van der Waals surface area contributed by atoms with Crippen molar-refractivity contribution in [3.8, 4) is 0 Å². The van der Waals surface area contributed by atoms with E-state index in [1.54, 1.807) is 0 Å². The van der Waals surface area contributed by atoms with E-state index in [9.17, 15) is 0 Å². The molecule has 2 aromatic rings. The van der Waals surface area contributed by atoms with Crippen LogP contribution in [0, 0.1) is 6.92 Å². The molecule has 0 aliphatic heterocycles. The molecule has 0 bridgehead atoms. The van der Waals surface area contributed by atoms with Gasteiger partial charge in [-0.15, -0.1) is 0 Å². The standard InChI is InChI=1S/C11H14N4.C2H6/c1-6-13-9-10(15(6)2)7-4-3-5-8(7)14-11(9)12;1-2/h3-5H2,1-2H3,(H2,12,14);1-2H3. The Balaban J connectivity index is 0.000000514. The van der Waals surface area contributed by atoms with Crippen LogP contribution in [0.1, 0.15) is 37.4 Å². The highest BCUT2D eigenvalue weighted by atomic mass is 15.1. The molecular weight excluding hydrogens is 212 g/mol. The summed E-state index contributed by atoms with van der Waals surface area (Å²) in [5, 5.41) is 0. The van der Waals surface area contributed by atoms with Crippen LogP contribution < -0.4 is 5.73 Å². The monoisotopic (exact) mass is 232 g/mol. The van der Waals surface area contributed by atoms with E-state index in [1.165, 1.54) is 23.2 Å². The van der Waals surface area contributed by atoms with E-state index in [0.29, 0.717) is 5.82 Å². The average molecular weight is 232 g/mol. The summed E-state index contributed by atoms with van der Waals surface area (Å²) in [6.45, 7) is 6.00. The van der Waals surface area contributed by atoms with Crippen LogP contribution in [0.15, 0.2) is 0 Å². The van der Waals surface area contributed by atoms with Crippen LogP contribution in [0.3, 0.4) is 0 Å². The first-order valence-corrected chi connectivity index (χ1v) is 6.28. The van der Waals surface area contributed by atoms with Crippen LogP contribution in [-0.2, 0) is 19.9 Å². The summed E-state index contributed by atoms with van der Waals surface area (Å²) < 4.78 is 2.12. The number of imidazole rings is 1. The van der Waals surface area contributed by atoms with Gasteiger partial charge in [0.1, 0.15) is 11.3 Å². The van der Waals surface area contributed by atoms with E-state index in [-0.39, 0.29) is 0 Å². The molecule has 0 aromatic carbocycles. The van der Waals surface area contributed by atoms with Crippen molar-refractivity contribution in [1.82, 2.24) is 14.5 Å². The summed E-state index contributed by atoms with van der Waals surface area (Å²) in [6.07, 6.45) is 3.35. The maximum absolute atomic E-state index is 5.92. The third-order valence-corrected chi connectivity index (χ3v) is 3.29. The summed E-state index contributed by atoms with van der Waals surface area (Å²) in [7, 11) is 2.04. The molecule has 1 aliphatic carbocycles. The first-order chi connectivity index (χ1) is 8.18. The molecule has 0 fully saturated rings. The summed E-state index contributed by atoms with van der Waals surface area (Å²) in [6, 6.07) is 0. The first-order valence-electron chi connectivity index (χ1n) is 6.28. The predicted molar refractivity (Wildman–Crippen MR) is 71.0 cm³/mol. The lowest BCUT2D eigenvalue weighted by Gasteiger charge is -2.05. The highest BCUT2D eigenvalue weighted by Crippen LogP contribution is 2.31. The second-order valence-electron chi connectivity index (χ2n) is 4.19. The molecule has 17 heavy (non-hydrogen) atoms. The second kappa shape index (κ2) is 4.35. The minimum absolute atomic E-state index is 0.578. The average Bonchev–Trinajstić information content (AvgIpc) is 2.89. The molecule has 0 atom stereocenters. The Labute approximate surface area is 102 Å². The number of aryl methyl sites for hydroxylation is 4. The van der Waals surface area contributed by atoms with Gasteiger partial charge in [0.05, 0.1) is 5.52 Å². The zero-order valence-corrected chi connectivity index (χ0v) is 11.0. The van der Waals surface area contributed by atoms with E-state index in [0.717, 1.165) is 24.2 Å². The molecule has 2 N–H and O–H groups in total. The number of nitrogens with zero attached hydrogens (tertiary/aromatic N) is 3. The van der Waals surface area contributed by atoms with Gasteiger partial charge in [0.25, 0.3) is 0 Å². The predicted octanol–water partition coefficient (Wildman–Crippen LogP) is 2.37. The van der Waals surface area contributed by atoms with E-state index < -0.39 is 0 Å². The van der Waals surface area contributed by atoms with Gasteiger partial charge in [-0.2, -0.15) is 0 Å². The molecule has 0 saturated heterocycles. The lowest BCUT2D eigenvalue weighted by Crippen LogP contribution is -2.00. The Bertz CT molecular complexity index is 554. The summed E-state index contributed by atoms with van der Waals surface area (Å²) >= 11 is 0. The fourth-order valence-electron chi connectivity index (χ4n) is 2.44. The largest absolute Gasteiger partial charge is 0.382 e. The molecule has 0 unspecified atom stereocenters. The summed E-state index contributed by atoms with van der Waals surface area (Å²) in [5.74, 6) is 1.58. The molecule has 0 radical (unpaired) electrons. The van der Waals surface area contributed by atoms with Gasteiger partial charge in [0.2, 0.25) is 0 Å². The number of nitrogen functional groups attached to an aromatic ring is 1. The topological polar surface area (TPSA) is 56.7 Å². The van der Waals surface area contributed by atoms with Crippen LogP contribution in [0.25, 0.3) is 11.0 Å². The minimum Gasteiger partial charge on any atom is -0.382 e. The normalized spacial score (nSPS) is 13.4. The lowest BCUT2D eigenvalue weighted by atomic mass is 10.2. The van der Waals surface area contributed by atoms with Crippen molar-refractivity contribution in [2.24, 2.45) is 7.05 Å². The molecule has 0 amide bonds. The number of aromatic nitrogens is 3. The number of fused-ring (bicyclic) bond motifs is 3. The maximum atomic E-state index is 5.92. The minimum atomic E-state index is 0.578. The van der Waals surface area contributed by atoms with Gasteiger partial charge in [-0.05, 0) is 31.7 Å². The Kier molecular flexibility index (Phi) is 3.05. The Hall–Kier alpha value is -1.58. The van der Waals surface area contributed by atoms with E-state index >= 15 is 0 Å². The van der Waals surface area contributed by atoms with Gasteiger partial charge in [-0.1, -0.05) is 13.8 Å². The Morgan fingerprint density at radius 3 is 2.59 bits per heavy atom. The quantitative estimate of drug-likeness (QED) is 0.758. The van der Waals surface area contributed by atoms with Crippen molar-refractivity contribution in [3.05, 3.63) is 17.1 Å². The van der Waals surface area contributed by atoms with Crippen molar-refractivity contribution >= 4 is 16.9 Å². The van der Waals surface area contributed by atoms with Gasteiger partial charge >= 0.3 is 0 Å². The van der Waals surface area contributed by atoms with Crippen LogP contribution in [0.2, 0.25) is 0 Å². The molecule has 2 aromatic heterocycles. The second-order valence-corrected chi connectivity index (χ2v) is 4.19. The van der Waals surface area contributed by atoms with Crippen LogP contribution in [0.4, 0.5) is 5.82 Å². The fraction of sp³-hybridized carbons (Fsp3) is 0.538. The van der Waals surface area contributed by atoms with Gasteiger partial charge in [0.15, 0.2) is 5.82 Å². The van der Waals surface area contributed by atoms with Crippen LogP contribution >= 0.6 is 0 Å². The Morgan fingerprint density at radius 1 is 1.18 bits per heavy atom. The number of nitrogens with two attached hydrogens (primary N) is 1. The number of hydrogen-bond donors (Lipinski definition) is 1. The van der Waals surface area contributed by atoms with Crippen molar-refractivity contribution in [2.45, 2.75) is 40.0 Å². The van der Waals surface area contributed by atoms with Crippen LogP contribution in [-0.4, -0.2) is 14.5 Å². The van der Waals surface area contributed by atoms with Gasteiger partial charge in [0, 0.05) is 12.7 Å². The molecule has 2 heterocycles. The van der Waals surface area contributed by atoms with Crippen LogP contribution in [0.5, 0.6) is 0 Å². The molecule has 0 saturated carbocycles. The number of hydrogen-bond acceptors (Lipinski definition) is 3. The van der Waals surface area contributed by atoms with E-state index in [4.69, 9.17) is 5.73 Å². The lowest BCUT2D eigenvalue weighted by molar-refractivity contribution is 0.873. The first kappa shape index (κ1) is 11.9. The SMILES string of the molecule is CC.Cc1nc2c(N)nc3c(c2n1C)CCC3. The molecule has 92 valence electrons. The van der Waals surface area contributed by atoms with Crippen molar-refractivity contribution in [3.63, 3.8) is 0 Å². The van der Waals surface area contributed by atoms with Crippen molar-refractivity contribution in [2.75, 3.05) is 5.73 Å². The molecule has 3 rings (SSSR count). The maximum Gasteiger partial charge on any atom is 0.151 e. The van der Waals surface area contributed by atoms with Crippen molar-refractivity contribution in [1.29, 1.82) is 0 Å². The molecule has 0 spiro atoms. The third kappa shape index (κ3) is 1.68. The third-order valence-electron chi connectivity index (χ3n) is 3.29. The molecular formula is C13H20N4.